The van der Waals surface area contributed by atoms with Crippen LogP contribution in [0.4, 0.5) is 11.8 Å². The Morgan fingerprint density at radius 2 is 1.86 bits per heavy atom. The van der Waals surface area contributed by atoms with Crippen LogP contribution in [0.3, 0.4) is 0 Å². The molecule has 0 fully saturated rings. The van der Waals surface area contributed by atoms with Gasteiger partial charge >= 0.3 is 0 Å². The molecule has 146 valence electrons. The smallest absolute Gasteiger partial charge is 0.255 e. The van der Waals surface area contributed by atoms with Crippen LogP contribution >= 0.6 is 15.9 Å². The lowest BCUT2D eigenvalue weighted by molar-refractivity contribution is 0.883. The molecule has 0 saturated heterocycles. The van der Waals surface area contributed by atoms with Crippen molar-refractivity contribution in [2.24, 2.45) is 0 Å². The van der Waals surface area contributed by atoms with Crippen molar-refractivity contribution in [3.63, 3.8) is 0 Å². The molecule has 3 rings (SSSR count). The second-order valence-electron chi connectivity index (χ2n) is 6.60. The number of nitrogens with one attached hydrogen (secondary N) is 3. The predicted octanol–water partition coefficient (Wildman–Crippen LogP) is 3.44. The zero-order valence-electron chi connectivity index (χ0n) is 15.9. The van der Waals surface area contributed by atoms with E-state index in [1.54, 1.807) is 18.6 Å². The molecule has 7 nitrogen and oxygen atoms in total. The molecule has 0 aliphatic carbocycles. The number of anilines is 2. The van der Waals surface area contributed by atoms with Crippen LogP contribution in [0.2, 0.25) is 0 Å². The number of aryl methyl sites for hydroxylation is 2. The zero-order chi connectivity index (χ0) is 19.9. The van der Waals surface area contributed by atoms with Gasteiger partial charge in [-0.25, -0.2) is 9.97 Å². The molecular formula is C20H23BrN6O. The van der Waals surface area contributed by atoms with E-state index in [0.29, 0.717) is 24.5 Å². The molecule has 3 heterocycles. The zero-order valence-corrected chi connectivity index (χ0v) is 17.5. The van der Waals surface area contributed by atoms with E-state index in [1.165, 1.54) is 0 Å². The van der Waals surface area contributed by atoms with E-state index in [1.807, 2.05) is 32.0 Å². The van der Waals surface area contributed by atoms with Crippen LogP contribution in [-0.2, 0) is 6.42 Å². The first-order valence-corrected chi connectivity index (χ1v) is 9.90. The summed E-state index contributed by atoms with van der Waals surface area (Å²) < 4.78 is 0.967. The van der Waals surface area contributed by atoms with Gasteiger partial charge in [-0.1, -0.05) is 6.07 Å². The molecule has 0 radical (unpaired) electrons. The molecule has 0 aromatic carbocycles. The van der Waals surface area contributed by atoms with Gasteiger partial charge in [0.15, 0.2) is 0 Å². The number of hydrogen-bond donors (Lipinski definition) is 3. The maximum Gasteiger partial charge on any atom is 0.255 e. The fourth-order valence-electron chi connectivity index (χ4n) is 2.69. The summed E-state index contributed by atoms with van der Waals surface area (Å²) in [5.74, 6) is 1.36. The standard InChI is InChI=1S/C20H23BrN6O/c1-13-8-17(21)12-25-18(13)22-6-3-7-23-20-26-11-16(19(28)27-20)9-15-5-4-14(2)24-10-15/h4-5,8,10-12H,3,6-7,9H2,1-2H3,(H,22,25)(H2,23,26,27,28). The van der Waals surface area contributed by atoms with Crippen LogP contribution in [-0.4, -0.2) is 33.0 Å². The molecule has 0 saturated carbocycles. The molecule has 0 spiro atoms. The summed E-state index contributed by atoms with van der Waals surface area (Å²) in [4.78, 5) is 28.0. The largest absolute Gasteiger partial charge is 0.370 e. The number of aromatic amines is 1. The average molecular weight is 443 g/mol. The number of hydrogen-bond acceptors (Lipinski definition) is 6. The van der Waals surface area contributed by atoms with Crippen molar-refractivity contribution in [1.29, 1.82) is 0 Å². The van der Waals surface area contributed by atoms with E-state index in [0.717, 1.165) is 40.1 Å². The predicted molar refractivity (Wildman–Crippen MR) is 115 cm³/mol. The van der Waals surface area contributed by atoms with Crippen LogP contribution in [0.25, 0.3) is 0 Å². The highest BCUT2D eigenvalue weighted by atomic mass is 79.9. The summed E-state index contributed by atoms with van der Waals surface area (Å²) in [6.07, 6.45) is 6.55. The minimum absolute atomic E-state index is 0.133. The summed E-state index contributed by atoms with van der Waals surface area (Å²) >= 11 is 3.41. The summed E-state index contributed by atoms with van der Waals surface area (Å²) in [5.41, 5.74) is 3.52. The SMILES string of the molecule is Cc1ccc(Cc2cnc(NCCCNc3ncc(Br)cc3C)[nH]c2=O)cn1. The Hall–Kier alpha value is -2.74. The lowest BCUT2D eigenvalue weighted by Gasteiger charge is -2.09. The second-order valence-corrected chi connectivity index (χ2v) is 7.51. The number of aromatic nitrogens is 4. The van der Waals surface area contributed by atoms with Gasteiger partial charge in [-0.2, -0.15) is 0 Å². The highest BCUT2D eigenvalue weighted by Crippen LogP contribution is 2.16. The quantitative estimate of drug-likeness (QED) is 0.462. The van der Waals surface area contributed by atoms with Crippen molar-refractivity contribution in [2.45, 2.75) is 26.7 Å². The number of pyridine rings is 2. The van der Waals surface area contributed by atoms with Gasteiger partial charge in [-0.3, -0.25) is 14.8 Å². The van der Waals surface area contributed by atoms with Gasteiger partial charge in [-0.05, 0) is 59.5 Å². The lowest BCUT2D eigenvalue weighted by atomic mass is 10.1. The maximum atomic E-state index is 12.3. The van der Waals surface area contributed by atoms with Gasteiger partial charge in [0.05, 0.1) is 0 Å². The minimum atomic E-state index is -0.133. The third-order valence-electron chi connectivity index (χ3n) is 4.22. The average Bonchev–Trinajstić information content (AvgIpc) is 2.67. The van der Waals surface area contributed by atoms with Crippen molar-refractivity contribution < 1.29 is 0 Å². The normalized spacial score (nSPS) is 10.7. The molecule has 0 aliphatic heterocycles. The van der Waals surface area contributed by atoms with E-state index in [-0.39, 0.29) is 5.56 Å². The Bertz CT molecular complexity index is 987. The summed E-state index contributed by atoms with van der Waals surface area (Å²) in [7, 11) is 0. The van der Waals surface area contributed by atoms with Crippen LogP contribution in [0.15, 0.2) is 46.1 Å². The molecular weight excluding hydrogens is 420 g/mol. The van der Waals surface area contributed by atoms with E-state index in [2.05, 4.69) is 46.5 Å². The molecule has 3 aromatic heterocycles. The third-order valence-corrected chi connectivity index (χ3v) is 4.66. The number of H-pyrrole nitrogens is 1. The lowest BCUT2D eigenvalue weighted by Crippen LogP contribution is -2.18. The third kappa shape index (κ3) is 5.63. The molecule has 3 aromatic rings. The maximum absolute atomic E-state index is 12.3. The summed E-state index contributed by atoms with van der Waals surface area (Å²) in [6, 6.07) is 5.94. The van der Waals surface area contributed by atoms with Gasteiger partial charge < -0.3 is 10.6 Å². The highest BCUT2D eigenvalue weighted by Gasteiger charge is 2.05. The second kappa shape index (κ2) is 9.45. The van der Waals surface area contributed by atoms with Crippen molar-refractivity contribution >= 4 is 27.7 Å². The van der Waals surface area contributed by atoms with Crippen molar-refractivity contribution in [2.75, 3.05) is 23.7 Å². The molecule has 0 atom stereocenters. The first kappa shape index (κ1) is 20.0. The van der Waals surface area contributed by atoms with E-state index < -0.39 is 0 Å². The van der Waals surface area contributed by atoms with Gasteiger partial charge in [0, 0.05) is 53.8 Å². The molecule has 0 bridgehead atoms. The van der Waals surface area contributed by atoms with Crippen LogP contribution in [0.5, 0.6) is 0 Å². The van der Waals surface area contributed by atoms with Crippen LogP contribution < -0.4 is 16.2 Å². The molecule has 0 amide bonds. The van der Waals surface area contributed by atoms with E-state index in [4.69, 9.17) is 0 Å². The van der Waals surface area contributed by atoms with E-state index >= 15 is 0 Å². The van der Waals surface area contributed by atoms with Gasteiger partial charge in [-0.15, -0.1) is 0 Å². The Morgan fingerprint density at radius 1 is 1.04 bits per heavy atom. The van der Waals surface area contributed by atoms with Crippen LogP contribution in [0.1, 0.15) is 28.8 Å². The molecule has 8 heteroatoms. The highest BCUT2D eigenvalue weighted by molar-refractivity contribution is 9.10. The Kier molecular flexibility index (Phi) is 6.76. The molecule has 0 unspecified atom stereocenters. The van der Waals surface area contributed by atoms with E-state index in [9.17, 15) is 4.79 Å². The molecule has 28 heavy (non-hydrogen) atoms. The number of nitrogens with zero attached hydrogens (tertiary/aromatic N) is 3. The van der Waals surface area contributed by atoms with Gasteiger partial charge in [0.25, 0.3) is 5.56 Å². The van der Waals surface area contributed by atoms with Gasteiger partial charge in [0.1, 0.15) is 5.82 Å². The first-order valence-electron chi connectivity index (χ1n) is 9.11. The number of rotatable bonds is 8. The summed E-state index contributed by atoms with van der Waals surface area (Å²) in [5, 5.41) is 6.46. The topological polar surface area (TPSA) is 95.6 Å². The van der Waals surface area contributed by atoms with Crippen molar-refractivity contribution in [1.82, 2.24) is 19.9 Å². The van der Waals surface area contributed by atoms with Crippen molar-refractivity contribution in [3.05, 3.63) is 74.0 Å². The monoisotopic (exact) mass is 442 g/mol. The number of halogens is 1. The van der Waals surface area contributed by atoms with Crippen molar-refractivity contribution in [3.8, 4) is 0 Å². The fourth-order valence-corrected chi connectivity index (χ4v) is 3.13. The van der Waals surface area contributed by atoms with Gasteiger partial charge in [0.2, 0.25) is 5.95 Å². The van der Waals surface area contributed by atoms with Crippen LogP contribution in [0, 0.1) is 13.8 Å². The minimum Gasteiger partial charge on any atom is -0.370 e. The Balaban J connectivity index is 1.46. The summed E-state index contributed by atoms with van der Waals surface area (Å²) in [6.45, 7) is 5.41. The fraction of sp³-hybridized carbons (Fsp3) is 0.300. The Labute approximate surface area is 172 Å². The molecule has 3 N–H and O–H groups in total. The first-order chi connectivity index (χ1) is 13.5. The Morgan fingerprint density at radius 3 is 2.57 bits per heavy atom. The molecule has 0 aliphatic rings.